The van der Waals surface area contributed by atoms with Crippen LogP contribution < -0.4 is 0 Å². The van der Waals surface area contributed by atoms with Crippen molar-refractivity contribution in [2.45, 2.75) is 0 Å². The van der Waals surface area contributed by atoms with E-state index in [-0.39, 0.29) is 6.07 Å². The van der Waals surface area contributed by atoms with Gasteiger partial charge in [-0.3, -0.25) is 0 Å². The monoisotopic (exact) mass is 234 g/mol. The zero-order valence-electron chi connectivity index (χ0n) is 7.88. The molecule has 0 aliphatic rings. The molecule has 0 radical (unpaired) electrons. The van der Waals surface area contributed by atoms with Gasteiger partial charge in [-0.15, -0.1) is 0 Å². The van der Waals surface area contributed by atoms with Gasteiger partial charge in [0, 0.05) is 0 Å². The molecule has 7 heteroatoms. The quantitative estimate of drug-likeness (QED) is 0.623. The van der Waals surface area contributed by atoms with E-state index in [1.54, 1.807) is 0 Å². The molecule has 0 aliphatic carbocycles. The third-order valence-electron chi connectivity index (χ3n) is 1.78. The number of carbonyl (C=O) groups is 2. The summed E-state index contributed by atoms with van der Waals surface area (Å²) in [4.78, 5) is 21.6. The molecule has 0 amide bonds. The van der Waals surface area contributed by atoms with Gasteiger partial charge in [0.15, 0.2) is 17.5 Å². The summed E-state index contributed by atoms with van der Waals surface area (Å²) < 4.78 is 42.7. The van der Waals surface area contributed by atoms with Crippen LogP contribution in [0.2, 0.25) is 0 Å². The SMILES string of the molecule is COC(=O)c1cc(F)c(F)c(F)c1C(=O)O. The molecule has 0 heterocycles. The number of benzene rings is 1. The number of halogens is 3. The van der Waals surface area contributed by atoms with Crippen LogP contribution in [0.1, 0.15) is 20.7 Å². The van der Waals surface area contributed by atoms with Crippen molar-refractivity contribution in [3.05, 3.63) is 34.6 Å². The predicted molar refractivity (Wildman–Crippen MR) is 44.6 cm³/mol. The third-order valence-corrected chi connectivity index (χ3v) is 1.78. The molecule has 0 unspecified atom stereocenters. The fourth-order valence-electron chi connectivity index (χ4n) is 1.08. The first-order valence-electron chi connectivity index (χ1n) is 3.89. The molecular formula is C9H5F3O4. The topological polar surface area (TPSA) is 63.6 Å². The van der Waals surface area contributed by atoms with Crippen LogP contribution in [0.25, 0.3) is 0 Å². The van der Waals surface area contributed by atoms with Gasteiger partial charge >= 0.3 is 11.9 Å². The van der Waals surface area contributed by atoms with Crippen LogP contribution in [-0.2, 0) is 4.74 Å². The van der Waals surface area contributed by atoms with Crippen molar-refractivity contribution in [2.75, 3.05) is 7.11 Å². The molecule has 1 rings (SSSR count). The van der Waals surface area contributed by atoms with Crippen molar-refractivity contribution in [2.24, 2.45) is 0 Å². The minimum Gasteiger partial charge on any atom is -0.478 e. The molecular weight excluding hydrogens is 229 g/mol. The van der Waals surface area contributed by atoms with Crippen LogP contribution in [0.5, 0.6) is 0 Å². The summed E-state index contributed by atoms with van der Waals surface area (Å²) >= 11 is 0. The van der Waals surface area contributed by atoms with Gasteiger partial charge in [0.1, 0.15) is 5.56 Å². The fraction of sp³-hybridized carbons (Fsp3) is 0.111. The lowest BCUT2D eigenvalue weighted by Gasteiger charge is -2.06. The first-order valence-corrected chi connectivity index (χ1v) is 3.89. The highest BCUT2D eigenvalue weighted by atomic mass is 19.2. The number of carbonyl (C=O) groups excluding carboxylic acids is 1. The van der Waals surface area contributed by atoms with Gasteiger partial charge in [0.2, 0.25) is 0 Å². The van der Waals surface area contributed by atoms with Crippen LogP contribution in [0.4, 0.5) is 13.2 Å². The average Bonchev–Trinajstić information content (AvgIpc) is 2.23. The molecule has 0 bridgehead atoms. The fourth-order valence-corrected chi connectivity index (χ4v) is 1.08. The van der Waals surface area contributed by atoms with E-state index in [4.69, 9.17) is 5.11 Å². The van der Waals surface area contributed by atoms with Crippen LogP contribution in [0.3, 0.4) is 0 Å². The van der Waals surface area contributed by atoms with E-state index in [1.165, 1.54) is 0 Å². The predicted octanol–water partition coefficient (Wildman–Crippen LogP) is 1.59. The number of esters is 1. The van der Waals surface area contributed by atoms with Crippen molar-refractivity contribution in [3.63, 3.8) is 0 Å². The van der Waals surface area contributed by atoms with Crippen LogP contribution in [0, 0.1) is 17.5 Å². The lowest BCUT2D eigenvalue weighted by atomic mass is 10.1. The Hall–Kier alpha value is -2.05. The Balaban J connectivity index is 3.60. The van der Waals surface area contributed by atoms with Crippen LogP contribution in [-0.4, -0.2) is 24.2 Å². The van der Waals surface area contributed by atoms with Gasteiger partial charge in [-0.1, -0.05) is 0 Å². The van der Waals surface area contributed by atoms with E-state index < -0.39 is 40.5 Å². The van der Waals surface area contributed by atoms with Gasteiger partial charge in [-0.25, -0.2) is 22.8 Å². The van der Waals surface area contributed by atoms with Gasteiger partial charge in [-0.2, -0.15) is 0 Å². The van der Waals surface area contributed by atoms with Gasteiger partial charge < -0.3 is 9.84 Å². The molecule has 0 aromatic heterocycles. The molecule has 0 fully saturated rings. The van der Waals surface area contributed by atoms with Crippen LogP contribution in [0.15, 0.2) is 6.07 Å². The lowest BCUT2D eigenvalue weighted by molar-refractivity contribution is 0.0579. The van der Waals surface area contributed by atoms with E-state index in [0.717, 1.165) is 7.11 Å². The van der Waals surface area contributed by atoms with Gasteiger partial charge in [0.05, 0.1) is 12.7 Å². The smallest absolute Gasteiger partial charge is 0.339 e. The summed E-state index contributed by atoms with van der Waals surface area (Å²) in [6, 6.07) is 0.272. The lowest BCUT2D eigenvalue weighted by Crippen LogP contribution is -2.15. The van der Waals surface area contributed by atoms with Crippen molar-refractivity contribution in [1.82, 2.24) is 0 Å². The van der Waals surface area contributed by atoms with Crippen LogP contribution >= 0.6 is 0 Å². The molecule has 0 saturated heterocycles. The highest BCUT2D eigenvalue weighted by Crippen LogP contribution is 2.20. The Morgan fingerprint density at radius 2 is 1.81 bits per heavy atom. The number of rotatable bonds is 2. The standard InChI is InChI=1S/C9H5F3O4/c1-16-9(15)3-2-4(10)6(11)7(12)5(3)8(13)14/h2H,1H3,(H,13,14). The molecule has 1 aromatic carbocycles. The minimum atomic E-state index is -1.95. The number of hydrogen-bond donors (Lipinski definition) is 1. The normalized spacial score (nSPS) is 10.0. The number of methoxy groups -OCH3 is 1. The van der Waals surface area contributed by atoms with Gasteiger partial charge in [-0.05, 0) is 6.07 Å². The van der Waals surface area contributed by atoms with Crippen molar-refractivity contribution < 1.29 is 32.6 Å². The summed E-state index contributed by atoms with van der Waals surface area (Å²) in [5, 5.41) is 8.57. The number of hydrogen-bond acceptors (Lipinski definition) is 3. The molecule has 0 atom stereocenters. The summed E-state index contributed by atoms with van der Waals surface area (Å²) in [7, 11) is 0.896. The Morgan fingerprint density at radius 1 is 1.25 bits per heavy atom. The Bertz CT molecular complexity index is 470. The highest BCUT2D eigenvalue weighted by molar-refractivity contribution is 6.02. The molecule has 4 nitrogen and oxygen atoms in total. The molecule has 0 spiro atoms. The van der Waals surface area contributed by atoms with Crippen molar-refractivity contribution in [1.29, 1.82) is 0 Å². The van der Waals surface area contributed by atoms with Gasteiger partial charge in [0.25, 0.3) is 0 Å². The largest absolute Gasteiger partial charge is 0.478 e. The zero-order valence-corrected chi connectivity index (χ0v) is 7.88. The van der Waals surface area contributed by atoms with E-state index in [1.807, 2.05) is 0 Å². The third kappa shape index (κ3) is 1.83. The highest BCUT2D eigenvalue weighted by Gasteiger charge is 2.27. The summed E-state index contributed by atoms with van der Waals surface area (Å²) in [5.74, 6) is -8.71. The first kappa shape index (κ1) is 12.0. The van der Waals surface area contributed by atoms with E-state index in [0.29, 0.717) is 0 Å². The minimum absolute atomic E-state index is 0.272. The zero-order chi connectivity index (χ0) is 12.5. The maximum absolute atomic E-state index is 13.1. The summed E-state index contributed by atoms with van der Waals surface area (Å²) in [5.41, 5.74) is -2.14. The molecule has 0 saturated carbocycles. The number of ether oxygens (including phenoxy) is 1. The number of carboxylic acids is 1. The van der Waals surface area contributed by atoms with Crippen molar-refractivity contribution in [3.8, 4) is 0 Å². The molecule has 1 aromatic rings. The molecule has 86 valence electrons. The number of aromatic carboxylic acids is 1. The first-order chi connectivity index (χ1) is 7.40. The Kier molecular flexibility index (Phi) is 3.17. The maximum Gasteiger partial charge on any atom is 0.339 e. The van der Waals surface area contributed by atoms with Crippen molar-refractivity contribution >= 4 is 11.9 Å². The molecule has 0 aliphatic heterocycles. The molecule has 1 N–H and O–H groups in total. The second kappa shape index (κ2) is 4.21. The Morgan fingerprint density at radius 3 is 2.25 bits per heavy atom. The van der Waals surface area contributed by atoms with E-state index in [9.17, 15) is 22.8 Å². The Labute approximate surface area is 87.3 Å². The average molecular weight is 234 g/mol. The maximum atomic E-state index is 13.1. The second-order valence-electron chi connectivity index (χ2n) is 2.71. The number of carboxylic acid groups (broad SMARTS) is 1. The van der Waals surface area contributed by atoms with E-state index in [2.05, 4.69) is 4.74 Å². The van der Waals surface area contributed by atoms with E-state index >= 15 is 0 Å². The molecule has 16 heavy (non-hydrogen) atoms. The summed E-state index contributed by atoms with van der Waals surface area (Å²) in [6.07, 6.45) is 0. The second-order valence-corrected chi connectivity index (χ2v) is 2.71. The summed E-state index contributed by atoms with van der Waals surface area (Å²) in [6.45, 7) is 0.